The molecule has 4 rings (SSSR count). The smallest absolute Gasteiger partial charge is 0.326 e. The van der Waals surface area contributed by atoms with E-state index in [-0.39, 0.29) is 30.7 Å². The van der Waals surface area contributed by atoms with E-state index in [1.165, 1.54) is 4.90 Å². The summed E-state index contributed by atoms with van der Waals surface area (Å²) < 4.78 is 0. The summed E-state index contributed by atoms with van der Waals surface area (Å²) in [6.45, 7) is 1.14. The SMILES string of the molecule is O=C(C[C@H](Cc1ccccc1)NC(=O)[C@H]1CCCN1)N[C@@H](Cc1ccccc1)C(=O)N1CCC[C@H]1C(=O)O. The van der Waals surface area contributed by atoms with Gasteiger partial charge >= 0.3 is 5.97 Å². The lowest BCUT2D eigenvalue weighted by Gasteiger charge is -2.28. The maximum absolute atomic E-state index is 13.5. The van der Waals surface area contributed by atoms with Crippen LogP contribution in [0, 0.1) is 0 Å². The number of amides is 3. The van der Waals surface area contributed by atoms with Crippen molar-refractivity contribution in [2.45, 2.75) is 69.1 Å². The first kappa shape index (κ1) is 27.3. The Morgan fingerprint density at radius 3 is 2.16 bits per heavy atom. The van der Waals surface area contributed by atoms with Gasteiger partial charge < -0.3 is 26.0 Å². The Kier molecular flexibility index (Phi) is 9.48. The van der Waals surface area contributed by atoms with E-state index in [1.54, 1.807) is 0 Å². The summed E-state index contributed by atoms with van der Waals surface area (Å²) in [6, 6.07) is 16.4. The lowest BCUT2D eigenvalue weighted by molar-refractivity contribution is -0.149. The maximum atomic E-state index is 13.5. The zero-order chi connectivity index (χ0) is 26.9. The molecule has 2 aliphatic rings. The molecule has 0 aromatic heterocycles. The van der Waals surface area contributed by atoms with Crippen LogP contribution in [0.1, 0.15) is 43.2 Å². The number of aliphatic carboxylic acids is 1. The second kappa shape index (κ2) is 13.2. The fourth-order valence-electron chi connectivity index (χ4n) is 5.30. The van der Waals surface area contributed by atoms with E-state index in [1.807, 2.05) is 60.7 Å². The first-order valence-corrected chi connectivity index (χ1v) is 13.3. The standard InChI is InChI=1S/C29H36N4O5/c34-26(19-22(17-20-9-3-1-4-10-20)31-27(35)23-13-7-15-30-23)32-24(18-21-11-5-2-6-12-21)28(36)33-16-8-14-25(33)29(37)38/h1-6,9-12,22-25,30H,7-8,13-19H2,(H,31,35)(H,32,34)(H,37,38)/t22-,23+,24-,25-/m0/s1. The lowest BCUT2D eigenvalue weighted by atomic mass is 10.0. The second-order valence-corrected chi connectivity index (χ2v) is 10.1. The number of nitrogens with zero attached hydrogens (tertiary/aromatic N) is 1. The summed E-state index contributed by atoms with van der Waals surface area (Å²) in [4.78, 5) is 52.8. The molecule has 2 saturated heterocycles. The van der Waals surface area contributed by atoms with Gasteiger partial charge in [0.25, 0.3) is 0 Å². The molecule has 0 unspecified atom stereocenters. The van der Waals surface area contributed by atoms with Crippen LogP contribution >= 0.6 is 0 Å². The van der Waals surface area contributed by atoms with Crippen LogP contribution in [-0.2, 0) is 32.0 Å². The third-order valence-electron chi connectivity index (χ3n) is 7.22. The van der Waals surface area contributed by atoms with Crippen LogP contribution in [0.15, 0.2) is 60.7 Å². The van der Waals surface area contributed by atoms with E-state index in [0.717, 1.165) is 30.5 Å². The van der Waals surface area contributed by atoms with Gasteiger partial charge in [-0.15, -0.1) is 0 Å². The average Bonchev–Trinajstić information content (AvgIpc) is 3.62. The molecule has 4 atom stereocenters. The first-order chi connectivity index (χ1) is 18.4. The first-order valence-electron chi connectivity index (χ1n) is 13.3. The third kappa shape index (κ3) is 7.41. The molecule has 2 fully saturated rings. The van der Waals surface area contributed by atoms with E-state index in [4.69, 9.17) is 0 Å². The summed E-state index contributed by atoms with van der Waals surface area (Å²) in [5, 5.41) is 18.7. The van der Waals surface area contributed by atoms with Crippen LogP contribution in [0.5, 0.6) is 0 Å². The summed E-state index contributed by atoms with van der Waals surface area (Å²) in [5.41, 5.74) is 1.85. The number of hydrogen-bond donors (Lipinski definition) is 4. The summed E-state index contributed by atoms with van der Waals surface area (Å²) in [6.07, 6.45) is 3.40. The molecule has 9 nitrogen and oxygen atoms in total. The van der Waals surface area contributed by atoms with E-state index < -0.39 is 30.0 Å². The Morgan fingerprint density at radius 2 is 1.55 bits per heavy atom. The van der Waals surface area contributed by atoms with Crippen LogP contribution in [0.2, 0.25) is 0 Å². The molecule has 4 N–H and O–H groups in total. The third-order valence-corrected chi connectivity index (χ3v) is 7.22. The molecule has 0 aliphatic carbocycles. The van der Waals surface area contributed by atoms with E-state index in [0.29, 0.717) is 25.8 Å². The Morgan fingerprint density at radius 1 is 0.895 bits per heavy atom. The van der Waals surface area contributed by atoms with Crippen LogP contribution in [0.3, 0.4) is 0 Å². The van der Waals surface area contributed by atoms with Crippen molar-refractivity contribution in [2.75, 3.05) is 13.1 Å². The summed E-state index contributed by atoms with van der Waals surface area (Å²) in [5.74, 6) is -1.93. The topological polar surface area (TPSA) is 128 Å². The predicted octanol–water partition coefficient (Wildman–Crippen LogP) is 1.66. The van der Waals surface area contributed by atoms with Gasteiger partial charge in [-0.2, -0.15) is 0 Å². The molecule has 0 saturated carbocycles. The largest absolute Gasteiger partial charge is 0.480 e. The van der Waals surface area contributed by atoms with Crippen molar-refractivity contribution in [3.8, 4) is 0 Å². The molecule has 2 aromatic rings. The fourth-order valence-corrected chi connectivity index (χ4v) is 5.30. The highest BCUT2D eigenvalue weighted by Crippen LogP contribution is 2.20. The molecule has 0 spiro atoms. The Hall–Kier alpha value is -3.72. The molecule has 9 heteroatoms. The van der Waals surface area contributed by atoms with E-state index in [9.17, 15) is 24.3 Å². The Balaban J connectivity index is 1.48. The van der Waals surface area contributed by atoms with Gasteiger partial charge in [0.15, 0.2) is 0 Å². The van der Waals surface area contributed by atoms with Crippen molar-refractivity contribution in [2.24, 2.45) is 0 Å². The van der Waals surface area contributed by atoms with Gasteiger partial charge in [0.2, 0.25) is 17.7 Å². The molecule has 2 heterocycles. The molecule has 202 valence electrons. The van der Waals surface area contributed by atoms with Crippen molar-refractivity contribution in [1.82, 2.24) is 20.9 Å². The number of carboxylic acid groups (broad SMARTS) is 1. The van der Waals surface area contributed by atoms with Crippen LogP contribution in [-0.4, -0.2) is 71.0 Å². The minimum atomic E-state index is -1.04. The zero-order valence-corrected chi connectivity index (χ0v) is 21.5. The molecule has 2 aliphatic heterocycles. The van der Waals surface area contributed by atoms with Crippen molar-refractivity contribution >= 4 is 23.7 Å². The number of carboxylic acids is 1. The second-order valence-electron chi connectivity index (χ2n) is 10.1. The lowest BCUT2D eigenvalue weighted by Crippen LogP contribution is -2.54. The Labute approximate surface area is 223 Å². The van der Waals surface area contributed by atoms with Crippen LogP contribution < -0.4 is 16.0 Å². The van der Waals surface area contributed by atoms with Crippen molar-refractivity contribution < 1.29 is 24.3 Å². The van der Waals surface area contributed by atoms with Crippen molar-refractivity contribution in [1.29, 1.82) is 0 Å². The van der Waals surface area contributed by atoms with Gasteiger partial charge in [0, 0.05) is 25.4 Å². The number of likely N-dealkylation sites (tertiary alicyclic amines) is 1. The van der Waals surface area contributed by atoms with Crippen LogP contribution in [0.25, 0.3) is 0 Å². The number of rotatable bonds is 11. The Bertz CT molecular complexity index is 1100. The van der Waals surface area contributed by atoms with Gasteiger partial charge in [-0.25, -0.2) is 4.79 Å². The molecular formula is C29H36N4O5. The van der Waals surface area contributed by atoms with Crippen molar-refractivity contribution in [3.05, 3.63) is 71.8 Å². The molecule has 0 bridgehead atoms. The fraction of sp³-hybridized carbons (Fsp3) is 0.448. The number of carbonyl (C=O) groups is 4. The summed E-state index contributed by atoms with van der Waals surface area (Å²) >= 11 is 0. The number of hydrogen-bond acceptors (Lipinski definition) is 5. The van der Waals surface area contributed by atoms with Gasteiger partial charge in [0.1, 0.15) is 12.1 Å². The number of carbonyl (C=O) groups excluding carboxylic acids is 3. The van der Waals surface area contributed by atoms with E-state index in [2.05, 4.69) is 16.0 Å². The molecule has 38 heavy (non-hydrogen) atoms. The highest BCUT2D eigenvalue weighted by atomic mass is 16.4. The quantitative estimate of drug-likeness (QED) is 0.357. The monoisotopic (exact) mass is 520 g/mol. The zero-order valence-electron chi connectivity index (χ0n) is 21.5. The normalized spacial score (nSPS) is 20.5. The van der Waals surface area contributed by atoms with Gasteiger partial charge in [0.05, 0.1) is 6.04 Å². The van der Waals surface area contributed by atoms with Gasteiger partial charge in [-0.3, -0.25) is 14.4 Å². The van der Waals surface area contributed by atoms with Crippen molar-refractivity contribution in [3.63, 3.8) is 0 Å². The van der Waals surface area contributed by atoms with E-state index >= 15 is 0 Å². The highest BCUT2D eigenvalue weighted by Gasteiger charge is 2.38. The van der Waals surface area contributed by atoms with Gasteiger partial charge in [-0.1, -0.05) is 60.7 Å². The van der Waals surface area contributed by atoms with Crippen LogP contribution in [0.4, 0.5) is 0 Å². The number of nitrogens with one attached hydrogen (secondary N) is 3. The highest BCUT2D eigenvalue weighted by molar-refractivity contribution is 5.91. The number of benzene rings is 2. The molecule has 2 aromatic carbocycles. The maximum Gasteiger partial charge on any atom is 0.326 e. The minimum absolute atomic E-state index is 0.00567. The average molecular weight is 521 g/mol. The molecular weight excluding hydrogens is 484 g/mol. The molecule has 3 amide bonds. The molecule has 0 radical (unpaired) electrons. The minimum Gasteiger partial charge on any atom is -0.480 e. The predicted molar refractivity (Wildman–Crippen MR) is 142 cm³/mol. The summed E-state index contributed by atoms with van der Waals surface area (Å²) in [7, 11) is 0. The van der Waals surface area contributed by atoms with Gasteiger partial charge in [-0.05, 0) is 49.8 Å².